The van der Waals surface area contributed by atoms with Gasteiger partial charge in [-0.1, -0.05) is 12.2 Å². The Hall–Kier alpha value is -1.29. The Balaban J connectivity index is 1.75. The Morgan fingerprint density at radius 1 is 1.28 bits per heavy atom. The van der Waals surface area contributed by atoms with Gasteiger partial charge in [0.2, 0.25) is 0 Å². The molecular formula is C17H24O8. The molecule has 3 rings (SSSR count). The molecule has 8 heteroatoms. The van der Waals surface area contributed by atoms with Crippen molar-refractivity contribution in [1.29, 1.82) is 0 Å². The molecule has 8 unspecified atom stereocenters. The lowest BCUT2D eigenvalue weighted by atomic mass is 9.74. The first-order valence-electron chi connectivity index (χ1n) is 8.43. The predicted octanol–water partition coefficient (Wildman–Crippen LogP) is -1.13. The zero-order valence-corrected chi connectivity index (χ0v) is 13.7. The molecule has 2 heterocycles. The van der Waals surface area contributed by atoms with Gasteiger partial charge in [0, 0.05) is 17.4 Å². The molecule has 0 radical (unpaired) electrons. The van der Waals surface area contributed by atoms with Crippen LogP contribution in [-0.4, -0.2) is 76.4 Å². The average molecular weight is 356 g/mol. The summed E-state index contributed by atoms with van der Waals surface area (Å²) in [4.78, 5) is 11.9. The molecule has 0 amide bonds. The van der Waals surface area contributed by atoms with E-state index in [2.05, 4.69) is 6.58 Å². The largest absolute Gasteiger partial charge is 0.462 e. The molecule has 3 aliphatic rings. The van der Waals surface area contributed by atoms with E-state index < -0.39 is 43.4 Å². The van der Waals surface area contributed by atoms with Gasteiger partial charge in [0.05, 0.1) is 19.3 Å². The fourth-order valence-corrected chi connectivity index (χ4v) is 3.78. The van der Waals surface area contributed by atoms with Crippen LogP contribution in [0.4, 0.5) is 0 Å². The van der Waals surface area contributed by atoms with Gasteiger partial charge in [-0.2, -0.15) is 0 Å². The number of cyclic esters (lactones) is 1. The highest BCUT2D eigenvalue weighted by molar-refractivity contribution is 5.90. The minimum absolute atomic E-state index is 0.0811. The highest BCUT2D eigenvalue weighted by atomic mass is 16.7. The maximum atomic E-state index is 11.9. The van der Waals surface area contributed by atoms with Crippen molar-refractivity contribution < 1.29 is 39.4 Å². The van der Waals surface area contributed by atoms with Crippen molar-refractivity contribution in [2.45, 2.75) is 49.7 Å². The van der Waals surface area contributed by atoms with Crippen LogP contribution in [0.25, 0.3) is 0 Å². The van der Waals surface area contributed by atoms with Crippen LogP contribution in [-0.2, 0) is 19.0 Å². The van der Waals surface area contributed by atoms with Crippen molar-refractivity contribution in [3.05, 3.63) is 24.3 Å². The van der Waals surface area contributed by atoms with E-state index in [0.29, 0.717) is 25.0 Å². The number of rotatable bonds is 4. The molecule has 8 atom stereocenters. The average Bonchev–Trinajstić information content (AvgIpc) is 2.62. The SMILES string of the molecule is C=CC1C(OC2OC(CO)C(O)C(O)C2O)CC=C2C(=O)OCCC21. The maximum Gasteiger partial charge on any atom is 0.333 e. The van der Waals surface area contributed by atoms with Crippen molar-refractivity contribution >= 4 is 5.97 Å². The van der Waals surface area contributed by atoms with Gasteiger partial charge in [0.15, 0.2) is 6.29 Å². The molecule has 0 spiro atoms. The topological polar surface area (TPSA) is 126 Å². The number of fused-ring (bicyclic) bond motifs is 1. The lowest BCUT2D eigenvalue weighted by molar-refractivity contribution is -0.314. The minimum Gasteiger partial charge on any atom is -0.462 e. The number of esters is 1. The summed E-state index contributed by atoms with van der Waals surface area (Å²) < 4.78 is 16.3. The summed E-state index contributed by atoms with van der Waals surface area (Å²) in [6.07, 6.45) is -2.48. The Labute approximate surface area is 145 Å². The molecule has 2 fully saturated rings. The summed E-state index contributed by atoms with van der Waals surface area (Å²) in [6, 6.07) is 0. The number of hydrogen-bond donors (Lipinski definition) is 4. The molecule has 4 N–H and O–H groups in total. The molecule has 0 saturated carbocycles. The van der Waals surface area contributed by atoms with Crippen LogP contribution in [0.5, 0.6) is 0 Å². The third kappa shape index (κ3) is 3.38. The summed E-state index contributed by atoms with van der Waals surface area (Å²) in [5, 5.41) is 39.1. The first-order chi connectivity index (χ1) is 12.0. The standard InChI is InChI=1S/C17H24O8/c1-2-8-9-5-6-23-16(22)10(9)3-4-11(8)24-17-15(21)14(20)13(19)12(7-18)25-17/h2-3,8-9,11-15,17-21H,1,4-7H2. The number of carbonyl (C=O) groups excluding carboxylic acids is 1. The predicted molar refractivity (Wildman–Crippen MR) is 84.1 cm³/mol. The van der Waals surface area contributed by atoms with Crippen LogP contribution in [0.1, 0.15) is 12.8 Å². The lowest BCUT2D eigenvalue weighted by Gasteiger charge is -2.44. The second-order valence-electron chi connectivity index (χ2n) is 6.61. The summed E-state index contributed by atoms with van der Waals surface area (Å²) >= 11 is 0. The van der Waals surface area contributed by atoms with Crippen molar-refractivity contribution in [3.63, 3.8) is 0 Å². The van der Waals surface area contributed by atoms with E-state index in [0.717, 1.165) is 0 Å². The zero-order valence-electron chi connectivity index (χ0n) is 13.7. The van der Waals surface area contributed by atoms with E-state index in [1.54, 1.807) is 12.2 Å². The molecule has 2 aliphatic heterocycles. The third-order valence-corrected chi connectivity index (χ3v) is 5.19. The van der Waals surface area contributed by atoms with Crippen molar-refractivity contribution in [2.24, 2.45) is 11.8 Å². The number of carbonyl (C=O) groups is 1. The third-order valence-electron chi connectivity index (χ3n) is 5.19. The highest BCUT2D eigenvalue weighted by Crippen LogP contribution is 2.39. The number of ether oxygens (including phenoxy) is 3. The van der Waals surface area contributed by atoms with E-state index in [1.807, 2.05) is 0 Å². The molecule has 140 valence electrons. The van der Waals surface area contributed by atoms with Crippen LogP contribution in [0.15, 0.2) is 24.3 Å². The molecule has 8 nitrogen and oxygen atoms in total. The number of aliphatic hydroxyl groups is 4. The summed E-state index contributed by atoms with van der Waals surface area (Å²) in [5.74, 6) is -0.586. The number of aliphatic hydroxyl groups excluding tert-OH is 4. The van der Waals surface area contributed by atoms with Gasteiger partial charge in [0.25, 0.3) is 0 Å². The Morgan fingerprint density at radius 2 is 2.04 bits per heavy atom. The highest BCUT2D eigenvalue weighted by Gasteiger charge is 2.47. The smallest absolute Gasteiger partial charge is 0.333 e. The van der Waals surface area contributed by atoms with E-state index in [-0.39, 0.29) is 17.8 Å². The van der Waals surface area contributed by atoms with E-state index in [4.69, 9.17) is 14.2 Å². The molecular weight excluding hydrogens is 332 g/mol. The molecule has 1 aliphatic carbocycles. The van der Waals surface area contributed by atoms with Crippen LogP contribution >= 0.6 is 0 Å². The fraction of sp³-hybridized carbons (Fsp3) is 0.706. The van der Waals surface area contributed by atoms with Gasteiger partial charge in [-0.15, -0.1) is 6.58 Å². The molecule has 25 heavy (non-hydrogen) atoms. The van der Waals surface area contributed by atoms with Gasteiger partial charge < -0.3 is 34.6 Å². The Bertz CT molecular complexity index is 545. The Morgan fingerprint density at radius 3 is 2.72 bits per heavy atom. The van der Waals surface area contributed by atoms with E-state index in [1.165, 1.54) is 0 Å². The summed E-state index contributed by atoms with van der Waals surface area (Å²) in [5.41, 5.74) is 0.616. The minimum atomic E-state index is -1.49. The maximum absolute atomic E-state index is 11.9. The zero-order chi connectivity index (χ0) is 18.1. The monoisotopic (exact) mass is 356 g/mol. The van der Waals surface area contributed by atoms with Crippen LogP contribution < -0.4 is 0 Å². The molecule has 0 aromatic heterocycles. The van der Waals surface area contributed by atoms with Crippen LogP contribution in [0.2, 0.25) is 0 Å². The van der Waals surface area contributed by atoms with Gasteiger partial charge in [-0.3, -0.25) is 0 Å². The van der Waals surface area contributed by atoms with E-state index >= 15 is 0 Å². The lowest BCUT2D eigenvalue weighted by Crippen LogP contribution is -2.60. The second-order valence-corrected chi connectivity index (χ2v) is 6.61. The summed E-state index contributed by atoms with van der Waals surface area (Å²) in [6.45, 7) is 3.65. The van der Waals surface area contributed by atoms with Crippen molar-refractivity contribution in [3.8, 4) is 0 Å². The Kier molecular flexibility index (Phi) is 5.57. The fourth-order valence-electron chi connectivity index (χ4n) is 3.78. The van der Waals surface area contributed by atoms with E-state index in [9.17, 15) is 25.2 Å². The molecule has 2 saturated heterocycles. The normalized spacial score (nSPS) is 44.5. The van der Waals surface area contributed by atoms with Gasteiger partial charge in [0.1, 0.15) is 24.4 Å². The summed E-state index contributed by atoms with van der Waals surface area (Å²) in [7, 11) is 0. The number of hydrogen-bond acceptors (Lipinski definition) is 8. The molecule has 0 aromatic carbocycles. The second kappa shape index (κ2) is 7.53. The van der Waals surface area contributed by atoms with Gasteiger partial charge in [-0.25, -0.2) is 4.79 Å². The first kappa shape index (κ1) is 18.5. The first-order valence-corrected chi connectivity index (χ1v) is 8.43. The molecule has 0 aromatic rings. The van der Waals surface area contributed by atoms with Crippen LogP contribution in [0, 0.1) is 11.8 Å². The van der Waals surface area contributed by atoms with Crippen molar-refractivity contribution in [1.82, 2.24) is 0 Å². The quantitative estimate of drug-likeness (QED) is 0.368. The van der Waals surface area contributed by atoms with Gasteiger partial charge in [-0.05, 0) is 12.8 Å². The molecule has 0 bridgehead atoms. The van der Waals surface area contributed by atoms with Gasteiger partial charge >= 0.3 is 5.97 Å². The van der Waals surface area contributed by atoms with Crippen molar-refractivity contribution in [2.75, 3.05) is 13.2 Å². The van der Waals surface area contributed by atoms with Crippen LogP contribution in [0.3, 0.4) is 0 Å².